The molecule has 1 aliphatic heterocycles. The number of thiophene rings is 1. The van der Waals surface area contributed by atoms with Crippen LogP contribution >= 0.6 is 11.3 Å². The summed E-state index contributed by atoms with van der Waals surface area (Å²) < 4.78 is 27.9. The third-order valence-corrected chi connectivity index (χ3v) is 9.97. The Kier molecular flexibility index (Phi) is 8.31. The van der Waals surface area contributed by atoms with Crippen molar-refractivity contribution in [1.29, 1.82) is 0 Å². The third-order valence-electron chi connectivity index (χ3n) is 7.09. The van der Waals surface area contributed by atoms with Gasteiger partial charge in [0.05, 0.1) is 16.6 Å². The molecule has 2 aromatic heterocycles. The van der Waals surface area contributed by atoms with Crippen molar-refractivity contribution in [1.82, 2.24) is 9.29 Å². The molecule has 1 saturated carbocycles. The first kappa shape index (κ1) is 28.3. The van der Waals surface area contributed by atoms with Gasteiger partial charge >= 0.3 is 5.97 Å². The minimum absolute atomic E-state index is 0.0503. The van der Waals surface area contributed by atoms with Crippen LogP contribution < -0.4 is 4.90 Å². The van der Waals surface area contributed by atoms with E-state index < -0.39 is 22.0 Å². The molecule has 1 atom stereocenters. The van der Waals surface area contributed by atoms with E-state index in [2.05, 4.69) is 23.7 Å². The number of hydrogen-bond acceptors (Lipinski definition) is 6. The summed E-state index contributed by atoms with van der Waals surface area (Å²) in [6, 6.07) is 4.28. The highest BCUT2D eigenvalue weighted by Gasteiger charge is 2.41. The van der Waals surface area contributed by atoms with Gasteiger partial charge in [0.25, 0.3) is 0 Å². The Morgan fingerprint density at radius 3 is 2.50 bits per heavy atom. The number of hydrogen-bond donors (Lipinski definition) is 1. The molecule has 2 fully saturated rings. The molecule has 38 heavy (non-hydrogen) atoms. The van der Waals surface area contributed by atoms with Gasteiger partial charge in [0.15, 0.2) is 0 Å². The van der Waals surface area contributed by atoms with Gasteiger partial charge < -0.3 is 10.0 Å². The zero-order valence-electron chi connectivity index (χ0n) is 22.3. The van der Waals surface area contributed by atoms with Crippen LogP contribution in [0.25, 0.3) is 0 Å². The Bertz CT molecular complexity index is 1340. The maximum absolute atomic E-state index is 14.0. The van der Waals surface area contributed by atoms with E-state index in [-0.39, 0.29) is 40.1 Å². The summed E-state index contributed by atoms with van der Waals surface area (Å²) in [7, 11) is -3.79. The van der Waals surface area contributed by atoms with E-state index >= 15 is 0 Å². The van der Waals surface area contributed by atoms with Crippen molar-refractivity contribution < 1.29 is 23.1 Å². The third kappa shape index (κ3) is 6.28. The fourth-order valence-electron chi connectivity index (χ4n) is 5.01. The van der Waals surface area contributed by atoms with Crippen LogP contribution in [0.1, 0.15) is 74.3 Å². The average Bonchev–Trinajstić information content (AvgIpc) is 3.52. The van der Waals surface area contributed by atoms with Crippen LogP contribution in [0, 0.1) is 29.1 Å². The van der Waals surface area contributed by atoms with Gasteiger partial charge in [-0.2, -0.15) is 4.31 Å². The first-order valence-corrected chi connectivity index (χ1v) is 15.3. The Morgan fingerprint density at radius 1 is 1.18 bits per heavy atom. The van der Waals surface area contributed by atoms with Gasteiger partial charge in [-0.1, -0.05) is 18.8 Å². The van der Waals surface area contributed by atoms with Gasteiger partial charge in [-0.05, 0) is 77.0 Å². The number of carboxylic acids is 1. The number of amides is 1. The molecule has 1 amide bonds. The van der Waals surface area contributed by atoms with Crippen molar-refractivity contribution >= 4 is 38.9 Å². The molecule has 0 aromatic carbocycles. The van der Waals surface area contributed by atoms with Crippen molar-refractivity contribution in [2.24, 2.45) is 17.3 Å². The second-order valence-electron chi connectivity index (χ2n) is 11.3. The fraction of sp³-hybridized carbons (Fsp3) is 0.536. The lowest BCUT2D eigenvalue weighted by Gasteiger charge is -2.34. The van der Waals surface area contributed by atoms with Crippen LogP contribution in [0.15, 0.2) is 35.5 Å². The van der Waals surface area contributed by atoms with Crippen LogP contribution in [-0.2, 0) is 14.8 Å². The fourth-order valence-corrected chi connectivity index (χ4v) is 7.31. The van der Waals surface area contributed by atoms with Crippen LogP contribution in [0.5, 0.6) is 0 Å². The number of nitrogens with zero attached hydrogens (tertiary/aromatic N) is 3. The van der Waals surface area contributed by atoms with E-state index in [1.165, 1.54) is 22.8 Å². The summed E-state index contributed by atoms with van der Waals surface area (Å²) in [6.07, 6.45) is 6.60. The van der Waals surface area contributed by atoms with Crippen LogP contribution in [-0.4, -0.2) is 53.8 Å². The van der Waals surface area contributed by atoms with E-state index in [1.54, 1.807) is 17.0 Å². The van der Waals surface area contributed by atoms with Crippen molar-refractivity contribution in [2.45, 2.75) is 70.7 Å². The van der Waals surface area contributed by atoms with Crippen molar-refractivity contribution in [3.05, 3.63) is 40.3 Å². The molecule has 0 spiro atoms. The summed E-state index contributed by atoms with van der Waals surface area (Å²) >= 11 is 1.06. The molecule has 2 aromatic rings. The van der Waals surface area contributed by atoms with E-state index in [1.807, 2.05) is 20.8 Å². The average molecular weight is 558 g/mol. The predicted molar refractivity (Wildman–Crippen MR) is 148 cm³/mol. The maximum Gasteiger partial charge on any atom is 0.348 e. The Hall–Kier alpha value is -2.74. The molecule has 0 radical (unpaired) electrons. The first-order chi connectivity index (χ1) is 17.9. The van der Waals surface area contributed by atoms with Gasteiger partial charge in [-0.15, -0.1) is 11.3 Å². The first-order valence-electron chi connectivity index (χ1n) is 13.0. The quantitative estimate of drug-likeness (QED) is 0.508. The number of aromatic carboxylic acids is 1. The summed E-state index contributed by atoms with van der Waals surface area (Å²) in [5.74, 6) is 5.30. The molecular weight excluding hydrogens is 522 g/mol. The van der Waals surface area contributed by atoms with Gasteiger partial charge in [0, 0.05) is 36.8 Å². The number of pyridine rings is 1. The monoisotopic (exact) mass is 557 g/mol. The van der Waals surface area contributed by atoms with Crippen LogP contribution in [0.4, 0.5) is 5.69 Å². The summed E-state index contributed by atoms with van der Waals surface area (Å²) in [6.45, 7) is 8.42. The molecule has 1 saturated heterocycles. The highest BCUT2D eigenvalue weighted by Crippen LogP contribution is 2.38. The molecule has 204 valence electrons. The summed E-state index contributed by atoms with van der Waals surface area (Å²) in [5, 5.41) is 10.1. The number of carbonyl (C=O) groups is 2. The molecule has 4 rings (SSSR count). The lowest BCUT2D eigenvalue weighted by atomic mass is 9.82. The van der Waals surface area contributed by atoms with E-state index in [0.717, 1.165) is 37.0 Å². The zero-order chi connectivity index (χ0) is 27.7. The predicted octanol–water partition coefficient (Wildman–Crippen LogP) is 4.86. The van der Waals surface area contributed by atoms with E-state index in [9.17, 15) is 23.1 Å². The number of carboxylic acid groups (broad SMARTS) is 1. The van der Waals surface area contributed by atoms with Gasteiger partial charge in [0.1, 0.15) is 9.77 Å². The minimum atomic E-state index is -3.79. The van der Waals surface area contributed by atoms with E-state index in [0.29, 0.717) is 22.9 Å². The molecule has 3 heterocycles. The second kappa shape index (κ2) is 11.2. The standard InChI is InChI=1S/C28H35N3O5S2/c1-19-7-9-20(10-8-19)26(32)31(24-16-22(11-13-28(2,3)4)37-25(24)27(33)34)21-12-15-30(18-21)38(35,36)23-6-5-14-29-17-23/h5-6,14,16-17,19-21H,7-10,12,15,18H2,1-4H3,(H,33,34)/t19-,20-,21-/m0/s1. The lowest BCUT2D eigenvalue weighted by Crippen LogP contribution is -2.46. The molecule has 1 N–H and O–H groups in total. The van der Waals surface area contributed by atoms with Gasteiger partial charge in [-0.25, -0.2) is 13.2 Å². The normalized spacial score (nSPS) is 22.5. The topological polar surface area (TPSA) is 108 Å². The van der Waals surface area contributed by atoms with Crippen molar-refractivity contribution in [3.63, 3.8) is 0 Å². The molecule has 2 aliphatic rings. The summed E-state index contributed by atoms with van der Waals surface area (Å²) in [4.78, 5) is 32.6. The van der Waals surface area contributed by atoms with Crippen LogP contribution in [0.3, 0.4) is 0 Å². The molecule has 0 bridgehead atoms. The second-order valence-corrected chi connectivity index (χ2v) is 14.3. The maximum atomic E-state index is 14.0. The van der Waals surface area contributed by atoms with Gasteiger partial charge in [0.2, 0.25) is 15.9 Å². The smallest absolute Gasteiger partial charge is 0.348 e. The number of aromatic nitrogens is 1. The van der Waals surface area contributed by atoms with Crippen molar-refractivity contribution in [3.8, 4) is 11.8 Å². The highest BCUT2D eigenvalue weighted by atomic mass is 32.2. The molecular formula is C28H35N3O5S2. The number of rotatable bonds is 6. The van der Waals surface area contributed by atoms with E-state index in [4.69, 9.17) is 0 Å². The Labute approximate surface area is 229 Å². The molecule has 8 nitrogen and oxygen atoms in total. The SMILES string of the molecule is CC(C)(C)C#Cc1cc(N(C(=O)[C@H]2CC[C@H](C)CC2)[C@H]2CCN(S(=O)(=O)c3cccnc3)C2)c(C(=O)O)s1. The number of carbonyl (C=O) groups excluding carboxylic acids is 1. The number of anilines is 1. The Balaban J connectivity index is 1.72. The Morgan fingerprint density at radius 2 is 1.89 bits per heavy atom. The molecule has 0 unspecified atom stereocenters. The highest BCUT2D eigenvalue weighted by molar-refractivity contribution is 7.89. The molecule has 10 heteroatoms. The largest absolute Gasteiger partial charge is 0.477 e. The van der Waals surface area contributed by atoms with Crippen molar-refractivity contribution in [2.75, 3.05) is 18.0 Å². The zero-order valence-corrected chi connectivity index (χ0v) is 23.9. The molecule has 1 aliphatic carbocycles. The number of sulfonamides is 1. The summed E-state index contributed by atoms with van der Waals surface area (Å²) in [5.41, 5.74) is 0.0454. The lowest BCUT2D eigenvalue weighted by molar-refractivity contribution is -0.124. The van der Waals surface area contributed by atoms with Crippen LogP contribution in [0.2, 0.25) is 0 Å². The minimum Gasteiger partial charge on any atom is -0.477 e. The van der Waals surface area contributed by atoms with Gasteiger partial charge in [-0.3, -0.25) is 9.78 Å².